The van der Waals surface area contributed by atoms with E-state index < -0.39 is 11.7 Å². The number of aromatic hydroxyl groups is 1. The Morgan fingerprint density at radius 2 is 2.24 bits per heavy atom. The van der Waals surface area contributed by atoms with Crippen molar-refractivity contribution < 1.29 is 14.6 Å². The van der Waals surface area contributed by atoms with Gasteiger partial charge >= 0.3 is 6.09 Å². The molecular weight excluding hydrogens is 266 g/mol. The maximum Gasteiger partial charge on any atom is 0.408 e. The summed E-state index contributed by atoms with van der Waals surface area (Å²) in [6.45, 7) is 5.72. The van der Waals surface area contributed by atoms with E-state index in [-0.39, 0.29) is 18.2 Å². The number of phenols is 1. The summed E-state index contributed by atoms with van der Waals surface area (Å²) < 4.78 is 5.13. The molecule has 21 heavy (non-hydrogen) atoms. The van der Waals surface area contributed by atoms with Crippen LogP contribution in [0.3, 0.4) is 0 Å². The summed E-state index contributed by atoms with van der Waals surface area (Å²) in [5.41, 5.74) is 1.84. The van der Waals surface area contributed by atoms with Crippen molar-refractivity contribution in [2.45, 2.75) is 45.1 Å². The van der Waals surface area contributed by atoms with E-state index in [2.05, 4.69) is 17.2 Å². The van der Waals surface area contributed by atoms with Gasteiger partial charge in [-0.15, -0.1) is 0 Å². The minimum atomic E-state index is -0.501. The molecule has 1 aromatic carbocycles. The monoisotopic (exact) mass is 287 g/mol. The highest BCUT2D eigenvalue weighted by Crippen LogP contribution is 2.34. The molecule has 0 aliphatic heterocycles. The zero-order valence-electron chi connectivity index (χ0n) is 12.7. The van der Waals surface area contributed by atoms with E-state index in [0.717, 1.165) is 18.4 Å². The van der Waals surface area contributed by atoms with Crippen molar-refractivity contribution in [1.29, 1.82) is 0 Å². The van der Waals surface area contributed by atoms with E-state index >= 15 is 0 Å². The van der Waals surface area contributed by atoms with Crippen LogP contribution in [-0.4, -0.2) is 23.3 Å². The highest BCUT2D eigenvalue weighted by atomic mass is 16.6. The number of nitrogens with one attached hydrogen (secondary N) is 1. The Labute approximate surface area is 125 Å². The predicted molar refractivity (Wildman–Crippen MR) is 81.2 cm³/mol. The summed E-state index contributed by atoms with van der Waals surface area (Å²) >= 11 is 0. The molecule has 0 heterocycles. The molecule has 4 nitrogen and oxygen atoms in total. The van der Waals surface area contributed by atoms with Crippen LogP contribution in [0, 0.1) is 11.8 Å². The molecule has 2 rings (SSSR count). The van der Waals surface area contributed by atoms with Crippen molar-refractivity contribution in [2.24, 2.45) is 0 Å². The van der Waals surface area contributed by atoms with Crippen LogP contribution in [0.4, 0.5) is 4.79 Å². The van der Waals surface area contributed by atoms with Gasteiger partial charge in [-0.05, 0) is 56.9 Å². The molecule has 1 aliphatic carbocycles. The van der Waals surface area contributed by atoms with Crippen LogP contribution in [0.2, 0.25) is 0 Å². The smallest absolute Gasteiger partial charge is 0.408 e. The van der Waals surface area contributed by atoms with E-state index in [4.69, 9.17) is 4.74 Å². The number of rotatable bonds is 1. The van der Waals surface area contributed by atoms with Crippen LogP contribution < -0.4 is 5.32 Å². The Balaban J connectivity index is 1.88. The number of alkyl carbamates (subject to hydrolysis) is 1. The summed E-state index contributed by atoms with van der Waals surface area (Å²) in [4.78, 5) is 11.5. The quantitative estimate of drug-likeness (QED) is 0.781. The Morgan fingerprint density at radius 1 is 1.48 bits per heavy atom. The summed E-state index contributed by atoms with van der Waals surface area (Å²) in [5.74, 6) is 6.52. The van der Waals surface area contributed by atoms with Crippen molar-refractivity contribution in [3.8, 4) is 17.6 Å². The fourth-order valence-electron chi connectivity index (χ4n) is 2.34. The van der Waals surface area contributed by atoms with Gasteiger partial charge in [-0.2, -0.15) is 0 Å². The molecule has 4 heteroatoms. The number of hydrogen-bond donors (Lipinski definition) is 2. The Bertz CT molecular complexity index is 590. The average Bonchev–Trinajstić information content (AvgIpc) is 2.75. The Kier molecular flexibility index (Phi) is 4.42. The zero-order chi connectivity index (χ0) is 15.5. The highest BCUT2D eigenvalue weighted by molar-refractivity contribution is 5.68. The number of carbonyl (C=O) groups is 1. The van der Waals surface area contributed by atoms with Gasteiger partial charge in [-0.25, -0.2) is 4.79 Å². The van der Waals surface area contributed by atoms with Crippen molar-refractivity contribution in [2.75, 3.05) is 6.54 Å². The number of carbonyl (C=O) groups excluding carboxylic acids is 1. The van der Waals surface area contributed by atoms with Crippen molar-refractivity contribution in [3.05, 3.63) is 29.3 Å². The Hall–Kier alpha value is -2.15. The molecule has 1 aromatic rings. The van der Waals surface area contributed by atoms with E-state index in [0.29, 0.717) is 0 Å². The van der Waals surface area contributed by atoms with Crippen molar-refractivity contribution in [3.63, 3.8) is 0 Å². The van der Waals surface area contributed by atoms with E-state index in [9.17, 15) is 9.90 Å². The van der Waals surface area contributed by atoms with Crippen LogP contribution in [0.1, 0.15) is 44.2 Å². The van der Waals surface area contributed by atoms with Crippen molar-refractivity contribution in [1.82, 2.24) is 5.32 Å². The molecule has 1 atom stereocenters. The van der Waals surface area contributed by atoms with Gasteiger partial charge in [0.05, 0.1) is 6.54 Å². The fraction of sp³-hybridized carbons (Fsp3) is 0.471. The van der Waals surface area contributed by atoms with Gasteiger partial charge in [0.15, 0.2) is 0 Å². The van der Waals surface area contributed by atoms with Gasteiger partial charge < -0.3 is 15.2 Å². The maximum absolute atomic E-state index is 11.5. The fourth-order valence-corrected chi connectivity index (χ4v) is 2.34. The van der Waals surface area contributed by atoms with Crippen LogP contribution >= 0.6 is 0 Å². The third-order valence-corrected chi connectivity index (χ3v) is 3.20. The standard InChI is InChI=1S/C17H21NO3/c1-17(2,3)21-16(20)18-10-4-5-12-6-7-13-8-9-14(19)11-15(12)13/h8-9,11-12,19H,6-7,10H2,1-3H3,(H,18,20)/t12-/m1/s1. The lowest BCUT2D eigenvalue weighted by atomic mass is 10.0. The topological polar surface area (TPSA) is 58.6 Å². The lowest BCUT2D eigenvalue weighted by Crippen LogP contribution is -2.32. The van der Waals surface area contributed by atoms with Gasteiger partial charge in [0.2, 0.25) is 0 Å². The number of hydrogen-bond acceptors (Lipinski definition) is 3. The molecule has 112 valence electrons. The molecule has 0 spiro atoms. The first-order valence-corrected chi connectivity index (χ1v) is 7.12. The second-order valence-electron chi connectivity index (χ2n) is 6.15. The highest BCUT2D eigenvalue weighted by Gasteiger charge is 2.21. The van der Waals surface area contributed by atoms with Gasteiger partial charge in [0.25, 0.3) is 0 Å². The van der Waals surface area contributed by atoms with E-state index in [1.54, 1.807) is 12.1 Å². The molecule has 0 radical (unpaired) electrons. The van der Waals surface area contributed by atoms with E-state index in [1.165, 1.54) is 5.56 Å². The molecular formula is C17H21NO3. The predicted octanol–water partition coefficient (Wildman–Crippen LogP) is 2.95. The molecule has 0 saturated heterocycles. The number of phenolic OH excluding ortho intramolecular Hbond substituents is 1. The third kappa shape index (κ3) is 4.42. The normalized spacial score (nSPS) is 16.6. The molecule has 0 saturated carbocycles. The molecule has 1 aliphatic rings. The lowest BCUT2D eigenvalue weighted by molar-refractivity contribution is 0.0535. The molecule has 0 aromatic heterocycles. The molecule has 1 amide bonds. The van der Waals surface area contributed by atoms with Crippen LogP contribution in [0.5, 0.6) is 5.75 Å². The van der Waals surface area contributed by atoms with Gasteiger partial charge in [0, 0.05) is 5.92 Å². The second-order valence-corrected chi connectivity index (χ2v) is 6.15. The van der Waals surface area contributed by atoms with Crippen LogP contribution in [0.25, 0.3) is 0 Å². The largest absolute Gasteiger partial charge is 0.508 e. The van der Waals surface area contributed by atoms with Gasteiger partial charge in [0.1, 0.15) is 11.4 Å². The van der Waals surface area contributed by atoms with Gasteiger partial charge in [-0.3, -0.25) is 0 Å². The summed E-state index contributed by atoms with van der Waals surface area (Å²) in [5, 5.41) is 12.2. The zero-order valence-corrected chi connectivity index (χ0v) is 12.7. The lowest BCUT2D eigenvalue weighted by Gasteiger charge is -2.19. The first-order valence-electron chi connectivity index (χ1n) is 7.12. The Morgan fingerprint density at radius 3 is 2.95 bits per heavy atom. The first kappa shape index (κ1) is 15.2. The van der Waals surface area contributed by atoms with E-state index in [1.807, 2.05) is 26.8 Å². The minimum absolute atomic E-state index is 0.132. The number of amides is 1. The van der Waals surface area contributed by atoms with Gasteiger partial charge in [-0.1, -0.05) is 17.9 Å². The first-order chi connectivity index (χ1) is 9.85. The summed E-state index contributed by atoms with van der Waals surface area (Å²) in [6, 6.07) is 5.44. The molecule has 0 bridgehead atoms. The summed E-state index contributed by atoms with van der Waals surface area (Å²) in [7, 11) is 0. The molecule has 0 fully saturated rings. The number of benzene rings is 1. The SMILES string of the molecule is CC(C)(C)OC(=O)NCC#C[C@@H]1CCc2ccc(O)cc21. The summed E-state index contributed by atoms with van der Waals surface area (Å²) in [6.07, 6.45) is 1.48. The minimum Gasteiger partial charge on any atom is -0.508 e. The second kappa shape index (κ2) is 6.09. The van der Waals surface area contributed by atoms with Crippen LogP contribution in [0.15, 0.2) is 18.2 Å². The number of fused-ring (bicyclic) bond motifs is 1. The third-order valence-electron chi connectivity index (χ3n) is 3.20. The number of ether oxygens (including phenoxy) is 1. The maximum atomic E-state index is 11.5. The molecule has 0 unspecified atom stereocenters. The van der Waals surface area contributed by atoms with Crippen LogP contribution in [-0.2, 0) is 11.2 Å². The average molecular weight is 287 g/mol. The number of aryl methyl sites for hydroxylation is 1. The molecule has 2 N–H and O–H groups in total. The van der Waals surface area contributed by atoms with Crippen molar-refractivity contribution >= 4 is 6.09 Å².